The van der Waals surface area contributed by atoms with E-state index in [4.69, 9.17) is 9.47 Å². The summed E-state index contributed by atoms with van der Waals surface area (Å²) in [5, 5.41) is 10.9. The minimum atomic E-state index is -0.398. The number of carbonyl (C=O) groups is 1. The molecule has 2 aromatic carbocycles. The molecular weight excluding hydrogens is 296 g/mol. The number of rotatable bonds is 3. The molecule has 4 rings (SSSR count). The van der Waals surface area contributed by atoms with Crippen LogP contribution in [0.15, 0.2) is 54.9 Å². The van der Waals surface area contributed by atoms with Crippen LogP contribution < -0.4 is 9.47 Å². The molecule has 1 atom stereocenters. The molecule has 0 radical (unpaired) electrons. The summed E-state index contributed by atoms with van der Waals surface area (Å²) in [4.78, 5) is 12.4. The quantitative estimate of drug-likeness (QED) is 0.542. The summed E-state index contributed by atoms with van der Waals surface area (Å²) < 4.78 is 12.5. The molecule has 0 fully saturated rings. The first kappa shape index (κ1) is 13.4. The van der Waals surface area contributed by atoms with E-state index in [0.29, 0.717) is 12.4 Å². The smallest absolute Gasteiger partial charge is 0.322 e. The maximum absolute atomic E-state index is 12.4. The largest absolute Gasteiger partial charge is 0.492 e. The van der Waals surface area contributed by atoms with E-state index >= 15 is 0 Å². The Balaban J connectivity index is 1.49. The van der Waals surface area contributed by atoms with Crippen LogP contribution in [0.4, 0.5) is 0 Å². The molecule has 7 nitrogen and oxygen atoms in total. The summed E-state index contributed by atoms with van der Waals surface area (Å²) >= 11 is 0. The van der Waals surface area contributed by atoms with Gasteiger partial charge in [-0.15, -0.1) is 5.10 Å². The second-order valence-corrected chi connectivity index (χ2v) is 5.07. The van der Waals surface area contributed by atoms with Crippen LogP contribution in [0.25, 0.3) is 5.69 Å². The number of aromatic nitrogens is 4. The summed E-state index contributed by atoms with van der Waals surface area (Å²) in [6.07, 6.45) is 1.49. The van der Waals surface area contributed by atoms with Gasteiger partial charge in [0.15, 0.2) is 0 Å². The SMILES string of the molecule is O=C(Oc1ccc(-n2cnnn2)cc1)C1COc2ccccc21. The first-order valence-corrected chi connectivity index (χ1v) is 7.08. The molecule has 0 amide bonds. The monoisotopic (exact) mass is 308 g/mol. The molecule has 1 aliphatic rings. The van der Waals surface area contributed by atoms with Gasteiger partial charge in [0.1, 0.15) is 30.4 Å². The van der Waals surface area contributed by atoms with Crippen LogP contribution in [0.5, 0.6) is 11.5 Å². The molecule has 114 valence electrons. The summed E-state index contributed by atoms with van der Waals surface area (Å²) in [5.74, 6) is 0.482. The van der Waals surface area contributed by atoms with Crippen LogP contribution in [-0.2, 0) is 4.79 Å². The Bertz CT molecular complexity index is 831. The summed E-state index contributed by atoms with van der Waals surface area (Å²) in [7, 11) is 0. The van der Waals surface area contributed by atoms with Crippen molar-refractivity contribution < 1.29 is 14.3 Å². The number of hydrogen-bond donors (Lipinski definition) is 0. The van der Waals surface area contributed by atoms with Crippen molar-refractivity contribution in [3.8, 4) is 17.2 Å². The van der Waals surface area contributed by atoms with E-state index in [2.05, 4.69) is 15.5 Å². The number of tetrazole rings is 1. The Hall–Kier alpha value is -3.22. The Labute approximate surface area is 131 Å². The average Bonchev–Trinajstić information content (AvgIpc) is 3.25. The number of benzene rings is 2. The van der Waals surface area contributed by atoms with Crippen molar-refractivity contribution in [2.24, 2.45) is 0 Å². The van der Waals surface area contributed by atoms with E-state index in [0.717, 1.165) is 17.0 Å². The third-order valence-corrected chi connectivity index (χ3v) is 3.65. The molecule has 1 aliphatic heterocycles. The number of carbonyl (C=O) groups excluding carboxylic acids is 1. The van der Waals surface area contributed by atoms with E-state index in [-0.39, 0.29) is 5.97 Å². The highest BCUT2D eigenvalue weighted by Crippen LogP contribution is 2.34. The Morgan fingerprint density at radius 2 is 2.00 bits per heavy atom. The fourth-order valence-corrected chi connectivity index (χ4v) is 2.49. The first-order chi connectivity index (χ1) is 11.3. The van der Waals surface area contributed by atoms with Crippen molar-refractivity contribution in [2.75, 3.05) is 6.61 Å². The maximum atomic E-state index is 12.4. The molecule has 23 heavy (non-hydrogen) atoms. The number of para-hydroxylation sites is 1. The highest BCUT2D eigenvalue weighted by atomic mass is 16.5. The second kappa shape index (κ2) is 5.53. The number of nitrogens with zero attached hydrogens (tertiary/aromatic N) is 4. The van der Waals surface area contributed by atoms with E-state index < -0.39 is 5.92 Å². The summed E-state index contributed by atoms with van der Waals surface area (Å²) in [5.41, 5.74) is 1.65. The highest BCUT2D eigenvalue weighted by molar-refractivity contribution is 5.82. The molecule has 0 saturated heterocycles. The minimum absolute atomic E-state index is 0.306. The van der Waals surface area contributed by atoms with E-state index in [1.165, 1.54) is 11.0 Å². The zero-order chi connectivity index (χ0) is 15.6. The molecule has 3 aromatic rings. The topological polar surface area (TPSA) is 79.1 Å². The van der Waals surface area contributed by atoms with Crippen LogP contribution in [-0.4, -0.2) is 32.8 Å². The predicted molar refractivity (Wildman–Crippen MR) is 79.5 cm³/mol. The fourth-order valence-electron chi connectivity index (χ4n) is 2.49. The van der Waals surface area contributed by atoms with Gasteiger partial charge in [0.05, 0.1) is 5.69 Å². The molecular formula is C16H12N4O3. The lowest BCUT2D eigenvalue weighted by atomic mass is 10.0. The molecule has 0 bridgehead atoms. The van der Waals surface area contributed by atoms with Gasteiger partial charge in [-0.05, 0) is 40.8 Å². The van der Waals surface area contributed by atoms with Crippen molar-refractivity contribution in [1.29, 1.82) is 0 Å². The third-order valence-electron chi connectivity index (χ3n) is 3.65. The summed E-state index contributed by atoms with van der Waals surface area (Å²) in [6.45, 7) is 0.306. The normalized spacial score (nSPS) is 15.7. The molecule has 1 aromatic heterocycles. The average molecular weight is 308 g/mol. The third kappa shape index (κ3) is 2.52. The van der Waals surface area contributed by atoms with Gasteiger partial charge in [-0.2, -0.15) is 0 Å². The lowest BCUT2D eigenvalue weighted by Gasteiger charge is -2.09. The van der Waals surface area contributed by atoms with Crippen molar-refractivity contribution in [1.82, 2.24) is 20.2 Å². The maximum Gasteiger partial charge on any atom is 0.322 e. The van der Waals surface area contributed by atoms with Gasteiger partial charge in [0.2, 0.25) is 0 Å². The number of esters is 1. The Kier molecular flexibility index (Phi) is 3.23. The van der Waals surface area contributed by atoms with Gasteiger partial charge in [-0.3, -0.25) is 4.79 Å². The van der Waals surface area contributed by atoms with Crippen LogP contribution >= 0.6 is 0 Å². The highest BCUT2D eigenvalue weighted by Gasteiger charge is 2.31. The van der Waals surface area contributed by atoms with Crippen LogP contribution in [0.2, 0.25) is 0 Å². The number of ether oxygens (including phenoxy) is 2. The van der Waals surface area contributed by atoms with Crippen LogP contribution in [0.3, 0.4) is 0 Å². The summed E-state index contributed by atoms with van der Waals surface area (Å²) in [6, 6.07) is 14.5. The second-order valence-electron chi connectivity index (χ2n) is 5.07. The minimum Gasteiger partial charge on any atom is -0.492 e. The Morgan fingerprint density at radius 3 is 2.78 bits per heavy atom. The van der Waals surface area contributed by atoms with Crippen molar-refractivity contribution in [3.63, 3.8) is 0 Å². The van der Waals surface area contributed by atoms with Crippen LogP contribution in [0.1, 0.15) is 11.5 Å². The van der Waals surface area contributed by atoms with Crippen molar-refractivity contribution >= 4 is 5.97 Å². The van der Waals surface area contributed by atoms with Crippen molar-refractivity contribution in [3.05, 3.63) is 60.4 Å². The molecule has 7 heteroatoms. The van der Waals surface area contributed by atoms with Gasteiger partial charge in [-0.1, -0.05) is 18.2 Å². The first-order valence-electron chi connectivity index (χ1n) is 7.08. The van der Waals surface area contributed by atoms with Gasteiger partial charge in [-0.25, -0.2) is 4.68 Å². The molecule has 0 saturated carbocycles. The van der Waals surface area contributed by atoms with Gasteiger partial charge in [0.25, 0.3) is 0 Å². The van der Waals surface area contributed by atoms with Gasteiger partial charge >= 0.3 is 5.97 Å². The Morgan fingerprint density at radius 1 is 1.17 bits per heavy atom. The van der Waals surface area contributed by atoms with Crippen LogP contribution in [0, 0.1) is 0 Å². The van der Waals surface area contributed by atoms with E-state index in [1.807, 2.05) is 24.3 Å². The number of hydrogen-bond acceptors (Lipinski definition) is 6. The lowest BCUT2D eigenvalue weighted by Crippen LogP contribution is -2.19. The van der Waals surface area contributed by atoms with Gasteiger partial charge in [0, 0.05) is 5.56 Å². The van der Waals surface area contributed by atoms with E-state index in [9.17, 15) is 4.79 Å². The van der Waals surface area contributed by atoms with Crippen molar-refractivity contribution in [2.45, 2.75) is 5.92 Å². The molecule has 0 N–H and O–H groups in total. The zero-order valence-electron chi connectivity index (χ0n) is 12.0. The molecule has 2 heterocycles. The fraction of sp³-hybridized carbons (Fsp3) is 0.125. The van der Waals surface area contributed by atoms with E-state index in [1.54, 1.807) is 24.3 Å². The zero-order valence-corrected chi connectivity index (χ0v) is 12.0. The molecule has 0 aliphatic carbocycles. The number of fused-ring (bicyclic) bond motifs is 1. The standard InChI is InChI=1S/C16H12N4O3/c21-16(14-9-22-15-4-2-1-3-13(14)15)23-12-7-5-11(6-8-12)20-10-17-18-19-20/h1-8,10,14H,9H2. The predicted octanol–water partition coefficient (Wildman–Crippen LogP) is 1.74. The lowest BCUT2D eigenvalue weighted by molar-refractivity contribution is -0.136. The molecule has 0 spiro atoms. The van der Waals surface area contributed by atoms with Gasteiger partial charge < -0.3 is 9.47 Å². The molecule has 1 unspecified atom stereocenters.